The minimum absolute atomic E-state index is 0.0317. The Morgan fingerprint density at radius 2 is 1.54 bits per heavy atom. The molecule has 156 valence electrons. The van der Waals surface area contributed by atoms with Crippen molar-refractivity contribution in [3.63, 3.8) is 0 Å². The van der Waals surface area contributed by atoms with E-state index in [1.54, 1.807) is 0 Å². The summed E-state index contributed by atoms with van der Waals surface area (Å²) >= 11 is 18.0. The Morgan fingerprint density at radius 3 is 1.93 bits per heavy atom. The van der Waals surface area contributed by atoms with E-state index in [2.05, 4.69) is 5.10 Å². The highest BCUT2D eigenvalue weighted by molar-refractivity contribution is 8.09. The summed E-state index contributed by atoms with van der Waals surface area (Å²) in [6, 6.07) is 0.794. The van der Waals surface area contributed by atoms with Crippen molar-refractivity contribution in [1.29, 1.82) is 0 Å². The Balaban J connectivity index is 2.96. The van der Waals surface area contributed by atoms with E-state index in [0.717, 1.165) is 13.0 Å². The third-order valence-corrected chi connectivity index (χ3v) is 7.87. The molecule has 1 aromatic carbocycles. The molecule has 0 spiro atoms. The summed E-state index contributed by atoms with van der Waals surface area (Å²) in [5.74, 6) is -0.383. The van der Waals surface area contributed by atoms with Crippen LogP contribution in [0.5, 0.6) is 0 Å². The number of hydrogen-bond donors (Lipinski definition) is 0. The molecule has 9 nitrogen and oxygen atoms in total. The number of aryl methyl sites for hydroxylation is 1. The van der Waals surface area contributed by atoms with Crippen molar-refractivity contribution in [3.05, 3.63) is 37.4 Å². The van der Waals surface area contributed by atoms with Gasteiger partial charge in [0.25, 0.3) is 0 Å². The molecule has 2 aromatic rings. The van der Waals surface area contributed by atoms with Gasteiger partial charge in [0.15, 0.2) is 0 Å². The minimum atomic E-state index is -4.43. The molecule has 2 rings (SSSR count). The van der Waals surface area contributed by atoms with Crippen LogP contribution < -0.4 is 9.40 Å². The molecule has 0 bridgehead atoms. The number of alkyl halides is 2. The van der Waals surface area contributed by atoms with Crippen molar-refractivity contribution >= 4 is 60.5 Å². The van der Waals surface area contributed by atoms with Gasteiger partial charge in [0, 0.05) is 0 Å². The highest BCUT2D eigenvalue weighted by atomic mass is 35.5. The van der Waals surface area contributed by atoms with Crippen LogP contribution in [0.1, 0.15) is 12.4 Å². The molecule has 1 heterocycles. The maximum atomic E-state index is 13.0. The van der Waals surface area contributed by atoms with E-state index < -0.39 is 58.7 Å². The summed E-state index contributed by atoms with van der Waals surface area (Å²) in [4.78, 5) is 12.3. The third kappa shape index (κ3) is 3.99. The molecule has 16 heteroatoms. The average Bonchev–Trinajstić information content (AvgIpc) is 2.79. The van der Waals surface area contributed by atoms with Gasteiger partial charge in [0.05, 0.1) is 39.0 Å². The molecular formula is C12H11Cl3F2N4O5S2. The van der Waals surface area contributed by atoms with Crippen LogP contribution in [-0.4, -0.2) is 43.7 Å². The van der Waals surface area contributed by atoms with Gasteiger partial charge in [-0.3, -0.25) is 0 Å². The zero-order valence-electron chi connectivity index (χ0n) is 14.2. The molecule has 0 saturated carbocycles. The predicted molar refractivity (Wildman–Crippen MR) is 101 cm³/mol. The second-order valence-electron chi connectivity index (χ2n) is 5.47. The molecule has 0 radical (unpaired) electrons. The summed E-state index contributed by atoms with van der Waals surface area (Å²) < 4.78 is 74.6. The van der Waals surface area contributed by atoms with Gasteiger partial charge in [-0.1, -0.05) is 34.8 Å². The number of benzene rings is 1. The molecule has 0 fully saturated rings. The summed E-state index contributed by atoms with van der Waals surface area (Å²) in [6.07, 6.45) is 1.18. The number of sulfonamides is 2. The Kier molecular flexibility index (Phi) is 6.08. The van der Waals surface area contributed by atoms with Crippen LogP contribution in [0.15, 0.2) is 10.9 Å². The second-order valence-corrected chi connectivity index (χ2v) is 10.5. The van der Waals surface area contributed by atoms with Gasteiger partial charge in [-0.15, -0.1) is 5.10 Å². The first-order valence-corrected chi connectivity index (χ1v) is 11.8. The van der Waals surface area contributed by atoms with Gasteiger partial charge in [-0.2, -0.15) is 17.2 Å². The van der Waals surface area contributed by atoms with E-state index in [1.165, 1.54) is 0 Å². The Bertz CT molecular complexity index is 1190. The number of aromatic nitrogens is 3. The number of anilines is 1. The summed E-state index contributed by atoms with van der Waals surface area (Å²) in [7, 11) is -8.85. The molecule has 0 amide bonds. The fourth-order valence-corrected chi connectivity index (χ4v) is 6.10. The minimum Gasteiger partial charge on any atom is -0.245 e. The van der Waals surface area contributed by atoms with Crippen molar-refractivity contribution in [1.82, 2.24) is 14.3 Å². The first kappa shape index (κ1) is 22.9. The largest absolute Gasteiger partial charge is 0.355 e. The lowest BCUT2D eigenvalue weighted by Gasteiger charge is -2.22. The van der Waals surface area contributed by atoms with Gasteiger partial charge < -0.3 is 0 Å². The van der Waals surface area contributed by atoms with Gasteiger partial charge >= 0.3 is 12.2 Å². The number of halogens is 5. The van der Waals surface area contributed by atoms with Gasteiger partial charge in [-0.05, 0) is 13.0 Å². The highest BCUT2D eigenvalue weighted by Gasteiger charge is 2.32. The van der Waals surface area contributed by atoms with Crippen LogP contribution in [0.25, 0.3) is 5.69 Å². The average molecular weight is 500 g/mol. The second kappa shape index (κ2) is 7.44. The van der Waals surface area contributed by atoms with Gasteiger partial charge in [-0.25, -0.2) is 26.2 Å². The maximum absolute atomic E-state index is 13.0. The molecule has 0 saturated heterocycles. The van der Waals surface area contributed by atoms with Crippen LogP contribution in [-0.2, 0) is 20.0 Å². The fraction of sp³-hybridized carbons (Fsp3) is 0.333. The molecule has 0 aliphatic carbocycles. The zero-order valence-corrected chi connectivity index (χ0v) is 18.1. The van der Waals surface area contributed by atoms with E-state index in [9.17, 15) is 30.4 Å². The van der Waals surface area contributed by atoms with E-state index in [-0.39, 0.29) is 14.1 Å². The molecule has 0 aliphatic rings. The number of rotatable bonds is 5. The lowest BCUT2D eigenvalue weighted by Crippen LogP contribution is -2.35. The summed E-state index contributed by atoms with van der Waals surface area (Å²) in [5, 5.41) is 2.15. The third-order valence-electron chi connectivity index (χ3n) is 3.31. The monoisotopic (exact) mass is 498 g/mol. The van der Waals surface area contributed by atoms with Crippen molar-refractivity contribution < 1.29 is 25.6 Å². The van der Waals surface area contributed by atoms with Crippen LogP contribution in [0.2, 0.25) is 15.1 Å². The molecule has 0 unspecified atom stereocenters. The molecule has 0 atom stereocenters. The van der Waals surface area contributed by atoms with Crippen LogP contribution in [0.3, 0.4) is 0 Å². The molecule has 0 N–H and O–H groups in total. The quantitative estimate of drug-likeness (QED) is 0.584. The summed E-state index contributed by atoms with van der Waals surface area (Å²) in [6.45, 7) is -2.10. The predicted octanol–water partition coefficient (Wildman–Crippen LogP) is 2.42. The van der Waals surface area contributed by atoms with Crippen LogP contribution in [0, 0.1) is 6.92 Å². The molecule has 1 aromatic heterocycles. The van der Waals surface area contributed by atoms with Crippen LogP contribution in [0.4, 0.5) is 14.5 Å². The van der Waals surface area contributed by atoms with Crippen LogP contribution >= 0.6 is 34.8 Å². The molecule has 28 heavy (non-hydrogen) atoms. The van der Waals surface area contributed by atoms with Crippen molar-refractivity contribution in [2.45, 2.75) is 13.5 Å². The Hall–Kier alpha value is -1.41. The van der Waals surface area contributed by atoms with Crippen molar-refractivity contribution in [2.75, 3.05) is 16.2 Å². The Labute approximate surface area is 173 Å². The van der Waals surface area contributed by atoms with E-state index in [4.69, 9.17) is 34.8 Å². The van der Waals surface area contributed by atoms with E-state index in [1.807, 2.05) is 0 Å². The van der Waals surface area contributed by atoms with E-state index in [0.29, 0.717) is 17.2 Å². The zero-order chi connectivity index (χ0) is 21.8. The smallest absolute Gasteiger partial charge is 0.245 e. The number of nitrogens with zero attached hydrogens (tertiary/aromatic N) is 4. The maximum Gasteiger partial charge on any atom is 0.355 e. The lowest BCUT2D eigenvalue weighted by atomic mass is 10.3. The standard InChI is InChI=1S/C12H11Cl3F2N4O5S2/c1-5-18-20(12(22)19(5)11(16)17)6-4-7(9(14)10(15)8(6)13)21(27(2,23)24)28(3,25)26/h4,11H,1-3H3. The first-order valence-electron chi connectivity index (χ1n) is 6.93. The molecule has 0 aliphatic heterocycles. The topological polar surface area (TPSA) is 111 Å². The number of hydrogen-bond acceptors (Lipinski definition) is 6. The fourth-order valence-electron chi connectivity index (χ4n) is 2.33. The normalized spacial score (nSPS) is 12.6. The van der Waals surface area contributed by atoms with E-state index >= 15 is 0 Å². The highest BCUT2D eigenvalue weighted by Crippen LogP contribution is 2.42. The first-order chi connectivity index (χ1) is 12.6. The SMILES string of the molecule is Cc1nn(-c2cc(N(S(C)(=O)=O)S(C)(=O)=O)c(Cl)c(Cl)c2Cl)c(=O)n1C(F)F. The summed E-state index contributed by atoms with van der Waals surface area (Å²) in [5.41, 5.74) is -2.42. The molecular weight excluding hydrogens is 489 g/mol. The van der Waals surface area contributed by atoms with Gasteiger partial charge in [0.2, 0.25) is 20.0 Å². The Morgan fingerprint density at radius 1 is 1.04 bits per heavy atom. The lowest BCUT2D eigenvalue weighted by molar-refractivity contribution is 0.0640. The van der Waals surface area contributed by atoms with Crippen molar-refractivity contribution in [3.8, 4) is 5.69 Å². The van der Waals surface area contributed by atoms with Gasteiger partial charge in [0.1, 0.15) is 5.82 Å². The van der Waals surface area contributed by atoms with Crippen molar-refractivity contribution in [2.24, 2.45) is 0 Å².